The molecule has 0 amide bonds. The standard InChI is InChI=1S/C12H13ClN2O3S/c13-11-6-10(3-2-9(11)7-14)19(17,18)15-12(8-16)4-1-5-12/h2-3,6,15-16H,1,4-5,8H2. The van der Waals surface area contributed by atoms with E-state index < -0.39 is 15.6 Å². The van der Waals surface area contributed by atoms with Gasteiger partial charge >= 0.3 is 0 Å². The van der Waals surface area contributed by atoms with E-state index in [1.165, 1.54) is 18.2 Å². The van der Waals surface area contributed by atoms with Gasteiger partial charge in [-0.2, -0.15) is 5.26 Å². The van der Waals surface area contributed by atoms with Crippen LogP contribution in [0.2, 0.25) is 5.02 Å². The number of nitrogens with zero attached hydrogens (tertiary/aromatic N) is 1. The Hall–Kier alpha value is -1.13. The summed E-state index contributed by atoms with van der Waals surface area (Å²) in [5, 5.41) is 18.1. The largest absolute Gasteiger partial charge is 0.394 e. The minimum absolute atomic E-state index is 0.00350. The molecular formula is C12H13ClN2O3S. The van der Waals surface area contributed by atoms with Crippen molar-refractivity contribution in [3.63, 3.8) is 0 Å². The second-order valence-corrected chi connectivity index (χ2v) is 6.74. The maximum absolute atomic E-state index is 12.2. The first-order valence-corrected chi connectivity index (χ1v) is 7.63. The molecule has 0 aromatic heterocycles. The predicted octanol–water partition coefficient (Wildman–Crippen LogP) is 1.40. The second-order valence-electron chi connectivity index (χ2n) is 4.65. The molecule has 102 valence electrons. The molecule has 1 saturated carbocycles. The van der Waals surface area contributed by atoms with Crippen molar-refractivity contribution < 1.29 is 13.5 Å². The van der Waals surface area contributed by atoms with Gasteiger partial charge < -0.3 is 5.11 Å². The van der Waals surface area contributed by atoms with Gasteiger partial charge in [-0.15, -0.1) is 0 Å². The van der Waals surface area contributed by atoms with Gasteiger partial charge in [0.15, 0.2) is 0 Å². The second kappa shape index (κ2) is 5.10. The molecule has 1 aliphatic rings. The van der Waals surface area contributed by atoms with E-state index in [1.54, 1.807) is 0 Å². The van der Waals surface area contributed by atoms with E-state index in [2.05, 4.69) is 4.72 Å². The number of halogens is 1. The zero-order valence-corrected chi connectivity index (χ0v) is 11.6. The van der Waals surface area contributed by atoms with Crippen molar-refractivity contribution in [3.05, 3.63) is 28.8 Å². The SMILES string of the molecule is N#Cc1ccc(S(=O)(=O)NC2(CO)CCC2)cc1Cl. The summed E-state index contributed by atoms with van der Waals surface area (Å²) in [7, 11) is -3.74. The van der Waals surface area contributed by atoms with Crippen LogP contribution in [0.5, 0.6) is 0 Å². The van der Waals surface area contributed by atoms with Gasteiger partial charge in [0.05, 0.1) is 27.6 Å². The smallest absolute Gasteiger partial charge is 0.241 e. The molecule has 0 bridgehead atoms. The Bertz CT molecular complexity index is 627. The fourth-order valence-electron chi connectivity index (χ4n) is 1.99. The topological polar surface area (TPSA) is 90.2 Å². The molecule has 1 aromatic rings. The van der Waals surface area contributed by atoms with Gasteiger partial charge in [-0.25, -0.2) is 13.1 Å². The first-order chi connectivity index (χ1) is 8.92. The number of hydrogen-bond acceptors (Lipinski definition) is 4. The normalized spacial score (nSPS) is 17.5. The average molecular weight is 301 g/mol. The van der Waals surface area contributed by atoms with Crippen LogP contribution in [0, 0.1) is 11.3 Å². The first kappa shape index (κ1) is 14.3. The molecule has 0 radical (unpaired) electrons. The van der Waals surface area contributed by atoms with E-state index in [4.69, 9.17) is 16.9 Å². The molecule has 0 atom stereocenters. The number of aliphatic hydroxyl groups is 1. The van der Waals surface area contributed by atoms with Crippen LogP contribution in [0.1, 0.15) is 24.8 Å². The molecule has 7 heteroatoms. The molecule has 1 fully saturated rings. The van der Waals surface area contributed by atoms with Crippen molar-refractivity contribution in [1.82, 2.24) is 4.72 Å². The fraction of sp³-hybridized carbons (Fsp3) is 0.417. The Balaban J connectivity index is 2.30. The molecule has 2 rings (SSSR count). The van der Waals surface area contributed by atoms with E-state index in [0.29, 0.717) is 12.8 Å². The molecule has 1 aliphatic carbocycles. The summed E-state index contributed by atoms with van der Waals surface area (Å²) in [6.07, 6.45) is 2.12. The molecule has 19 heavy (non-hydrogen) atoms. The lowest BCUT2D eigenvalue weighted by Crippen LogP contribution is -2.55. The van der Waals surface area contributed by atoms with Crippen molar-refractivity contribution in [2.24, 2.45) is 0 Å². The summed E-state index contributed by atoms with van der Waals surface area (Å²) in [6.45, 7) is -0.226. The van der Waals surface area contributed by atoms with E-state index in [-0.39, 0.29) is 22.1 Å². The number of aliphatic hydroxyl groups excluding tert-OH is 1. The van der Waals surface area contributed by atoms with Crippen LogP contribution in [0.4, 0.5) is 0 Å². The molecule has 0 saturated heterocycles. The molecule has 2 N–H and O–H groups in total. The Labute approximate surface area is 116 Å². The van der Waals surface area contributed by atoms with Gasteiger partial charge in [0.25, 0.3) is 0 Å². The summed E-state index contributed by atoms with van der Waals surface area (Å²) in [5.74, 6) is 0. The van der Waals surface area contributed by atoms with E-state index in [9.17, 15) is 13.5 Å². The lowest BCUT2D eigenvalue weighted by Gasteiger charge is -2.40. The monoisotopic (exact) mass is 300 g/mol. The number of nitrogens with one attached hydrogen (secondary N) is 1. The third-order valence-corrected chi connectivity index (χ3v) is 5.22. The van der Waals surface area contributed by atoms with Crippen LogP contribution in [0.25, 0.3) is 0 Å². The van der Waals surface area contributed by atoms with Gasteiger partial charge in [0, 0.05) is 0 Å². The Morgan fingerprint density at radius 3 is 2.58 bits per heavy atom. The van der Waals surface area contributed by atoms with Gasteiger partial charge in [0.2, 0.25) is 10.0 Å². The molecule has 5 nitrogen and oxygen atoms in total. The minimum Gasteiger partial charge on any atom is -0.394 e. The third kappa shape index (κ3) is 2.74. The van der Waals surface area contributed by atoms with Crippen molar-refractivity contribution in [1.29, 1.82) is 5.26 Å². The maximum Gasteiger partial charge on any atom is 0.241 e. The summed E-state index contributed by atoms with van der Waals surface area (Å²) in [5.41, 5.74) is -0.528. The van der Waals surface area contributed by atoms with Gasteiger partial charge in [-0.1, -0.05) is 11.6 Å². The molecule has 0 heterocycles. The molecule has 0 aliphatic heterocycles. The van der Waals surface area contributed by atoms with E-state index in [0.717, 1.165) is 6.42 Å². The summed E-state index contributed by atoms with van der Waals surface area (Å²) < 4.78 is 26.9. The van der Waals surface area contributed by atoms with Crippen molar-refractivity contribution in [2.45, 2.75) is 29.7 Å². The minimum atomic E-state index is -3.74. The highest BCUT2D eigenvalue weighted by atomic mass is 35.5. The molecule has 0 spiro atoms. The summed E-state index contributed by atoms with van der Waals surface area (Å²) in [4.78, 5) is -0.00350. The summed E-state index contributed by atoms with van der Waals surface area (Å²) >= 11 is 5.82. The lowest BCUT2D eigenvalue weighted by molar-refractivity contribution is 0.110. The number of sulfonamides is 1. The van der Waals surface area contributed by atoms with Crippen LogP contribution < -0.4 is 4.72 Å². The van der Waals surface area contributed by atoms with Gasteiger partial charge in [-0.05, 0) is 37.5 Å². The zero-order valence-electron chi connectivity index (χ0n) is 10.1. The third-order valence-electron chi connectivity index (χ3n) is 3.34. The van der Waals surface area contributed by atoms with E-state index >= 15 is 0 Å². The quantitative estimate of drug-likeness (QED) is 0.879. The molecule has 0 unspecified atom stereocenters. The number of nitriles is 1. The Kier molecular flexibility index (Phi) is 3.83. The van der Waals surface area contributed by atoms with Crippen LogP contribution in [-0.2, 0) is 10.0 Å². The van der Waals surface area contributed by atoms with Gasteiger partial charge in [0.1, 0.15) is 6.07 Å². The van der Waals surface area contributed by atoms with Crippen LogP contribution >= 0.6 is 11.6 Å². The van der Waals surface area contributed by atoms with Crippen LogP contribution in [0.3, 0.4) is 0 Å². The highest BCUT2D eigenvalue weighted by molar-refractivity contribution is 7.89. The Morgan fingerprint density at radius 1 is 1.47 bits per heavy atom. The average Bonchev–Trinajstić information content (AvgIpc) is 2.34. The Morgan fingerprint density at radius 2 is 2.16 bits per heavy atom. The number of hydrogen-bond donors (Lipinski definition) is 2. The number of benzene rings is 1. The predicted molar refractivity (Wildman–Crippen MR) is 70.2 cm³/mol. The maximum atomic E-state index is 12.2. The lowest BCUT2D eigenvalue weighted by atomic mass is 9.78. The zero-order chi connectivity index (χ0) is 14.1. The highest BCUT2D eigenvalue weighted by Crippen LogP contribution is 2.33. The van der Waals surface area contributed by atoms with E-state index in [1.807, 2.05) is 6.07 Å². The van der Waals surface area contributed by atoms with Crippen LogP contribution in [-0.4, -0.2) is 25.7 Å². The molecule has 1 aromatic carbocycles. The van der Waals surface area contributed by atoms with Gasteiger partial charge in [-0.3, -0.25) is 0 Å². The molecular weight excluding hydrogens is 288 g/mol. The van der Waals surface area contributed by atoms with Crippen molar-refractivity contribution in [3.8, 4) is 6.07 Å². The van der Waals surface area contributed by atoms with Crippen molar-refractivity contribution >= 4 is 21.6 Å². The first-order valence-electron chi connectivity index (χ1n) is 5.77. The highest BCUT2D eigenvalue weighted by Gasteiger charge is 2.40. The van der Waals surface area contributed by atoms with Crippen LogP contribution in [0.15, 0.2) is 23.1 Å². The number of rotatable bonds is 4. The fourth-order valence-corrected chi connectivity index (χ4v) is 3.76. The summed E-state index contributed by atoms with van der Waals surface area (Å²) in [6, 6.07) is 5.80. The van der Waals surface area contributed by atoms with Crippen molar-refractivity contribution in [2.75, 3.05) is 6.61 Å².